The maximum Gasteiger partial charge on any atom is 0.216 e. The Balaban J connectivity index is 2.68. The molecule has 3 heteroatoms. The van der Waals surface area contributed by atoms with Gasteiger partial charge in [-0.1, -0.05) is 19.1 Å². The summed E-state index contributed by atoms with van der Waals surface area (Å²) in [5, 5.41) is 1.03. The maximum atomic E-state index is 10.7. The van der Waals surface area contributed by atoms with Gasteiger partial charge < -0.3 is 4.74 Å². The van der Waals surface area contributed by atoms with E-state index in [9.17, 15) is 4.79 Å². The Hall–Kier alpha value is -1.90. The van der Waals surface area contributed by atoms with E-state index in [-0.39, 0.29) is 0 Å². The lowest BCUT2D eigenvalue weighted by Gasteiger charge is -2.07. The minimum absolute atomic E-state index is 0.631. The lowest BCUT2D eigenvalue weighted by Crippen LogP contribution is -1.95. The van der Waals surface area contributed by atoms with Crippen LogP contribution in [-0.2, 0) is 6.42 Å². The van der Waals surface area contributed by atoms with Crippen LogP contribution >= 0.6 is 0 Å². The van der Waals surface area contributed by atoms with E-state index >= 15 is 0 Å². The van der Waals surface area contributed by atoms with Crippen LogP contribution in [0.15, 0.2) is 24.3 Å². The van der Waals surface area contributed by atoms with Crippen LogP contribution in [0.5, 0.6) is 5.88 Å². The molecule has 2 aromatic rings. The van der Waals surface area contributed by atoms with Crippen molar-refractivity contribution < 1.29 is 9.53 Å². The summed E-state index contributed by atoms with van der Waals surface area (Å²) >= 11 is 0. The summed E-state index contributed by atoms with van der Waals surface area (Å²) in [4.78, 5) is 15.1. The van der Waals surface area contributed by atoms with E-state index in [1.807, 2.05) is 6.07 Å². The average molecular weight is 215 g/mol. The van der Waals surface area contributed by atoms with Gasteiger partial charge in [-0.2, -0.15) is 0 Å². The molecule has 0 bridgehead atoms. The van der Waals surface area contributed by atoms with Crippen molar-refractivity contribution in [2.75, 3.05) is 7.11 Å². The first-order valence-corrected chi connectivity index (χ1v) is 5.21. The van der Waals surface area contributed by atoms with Gasteiger partial charge in [0.1, 0.15) is 6.29 Å². The standard InChI is InChI=1S/C13H13NO2/c1-3-10-7-11-5-4-9(8-15)6-12(11)14-13(10)16-2/h4-8H,3H2,1-2H3. The second-order valence-electron chi connectivity index (χ2n) is 3.58. The molecular formula is C13H13NO2. The zero-order valence-electron chi connectivity index (χ0n) is 9.36. The van der Waals surface area contributed by atoms with Crippen molar-refractivity contribution in [1.29, 1.82) is 0 Å². The first-order chi connectivity index (χ1) is 7.78. The van der Waals surface area contributed by atoms with E-state index in [4.69, 9.17) is 4.74 Å². The Bertz CT molecular complexity index is 535. The van der Waals surface area contributed by atoms with Gasteiger partial charge >= 0.3 is 0 Å². The first kappa shape index (κ1) is 10.6. The third kappa shape index (κ3) is 1.76. The van der Waals surface area contributed by atoms with Crippen molar-refractivity contribution in [3.8, 4) is 5.88 Å². The van der Waals surface area contributed by atoms with Crippen LogP contribution in [0.25, 0.3) is 10.9 Å². The predicted octanol–water partition coefficient (Wildman–Crippen LogP) is 2.62. The molecule has 0 aliphatic carbocycles. The van der Waals surface area contributed by atoms with Crippen LogP contribution in [0.4, 0.5) is 0 Å². The number of hydrogen-bond donors (Lipinski definition) is 0. The Morgan fingerprint density at radius 2 is 2.19 bits per heavy atom. The summed E-state index contributed by atoms with van der Waals surface area (Å²) in [6.07, 6.45) is 1.70. The summed E-state index contributed by atoms with van der Waals surface area (Å²) in [6.45, 7) is 2.06. The minimum Gasteiger partial charge on any atom is -0.481 e. The molecule has 0 fully saturated rings. The Morgan fingerprint density at radius 1 is 1.38 bits per heavy atom. The van der Waals surface area contributed by atoms with E-state index in [1.54, 1.807) is 19.2 Å². The number of aromatic nitrogens is 1. The molecule has 0 radical (unpaired) electrons. The fourth-order valence-corrected chi connectivity index (χ4v) is 1.71. The number of carbonyl (C=O) groups excluding carboxylic acids is 1. The van der Waals surface area contributed by atoms with E-state index < -0.39 is 0 Å². The number of methoxy groups -OCH3 is 1. The molecule has 16 heavy (non-hydrogen) atoms. The Labute approximate surface area is 94.1 Å². The van der Waals surface area contributed by atoms with Crippen LogP contribution < -0.4 is 4.74 Å². The number of fused-ring (bicyclic) bond motifs is 1. The molecule has 82 valence electrons. The summed E-state index contributed by atoms with van der Waals surface area (Å²) < 4.78 is 5.22. The van der Waals surface area contributed by atoms with Crippen molar-refractivity contribution in [2.24, 2.45) is 0 Å². The number of rotatable bonds is 3. The van der Waals surface area contributed by atoms with Crippen LogP contribution in [-0.4, -0.2) is 18.4 Å². The van der Waals surface area contributed by atoms with E-state index in [2.05, 4.69) is 18.0 Å². The lowest BCUT2D eigenvalue weighted by molar-refractivity contribution is 0.112. The highest BCUT2D eigenvalue weighted by atomic mass is 16.5. The molecule has 0 aliphatic rings. The normalized spacial score (nSPS) is 10.4. The van der Waals surface area contributed by atoms with Crippen LogP contribution in [0.2, 0.25) is 0 Å². The number of aldehydes is 1. The van der Waals surface area contributed by atoms with Gasteiger partial charge in [-0.3, -0.25) is 4.79 Å². The number of nitrogens with zero attached hydrogens (tertiary/aromatic N) is 1. The first-order valence-electron chi connectivity index (χ1n) is 5.21. The number of pyridine rings is 1. The highest BCUT2D eigenvalue weighted by molar-refractivity contribution is 5.87. The van der Waals surface area contributed by atoms with Gasteiger partial charge in [-0.25, -0.2) is 4.98 Å². The van der Waals surface area contributed by atoms with Crippen molar-refractivity contribution in [3.63, 3.8) is 0 Å². The molecule has 3 nitrogen and oxygen atoms in total. The number of ether oxygens (including phenoxy) is 1. The van der Waals surface area contributed by atoms with Crippen molar-refractivity contribution in [2.45, 2.75) is 13.3 Å². The van der Waals surface area contributed by atoms with Gasteiger partial charge in [-0.05, 0) is 18.6 Å². The van der Waals surface area contributed by atoms with Gasteiger partial charge in [0.05, 0.1) is 12.6 Å². The smallest absolute Gasteiger partial charge is 0.216 e. The summed E-state index contributed by atoms with van der Waals surface area (Å²) in [7, 11) is 1.61. The van der Waals surface area contributed by atoms with Gasteiger partial charge in [0.15, 0.2) is 0 Å². The van der Waals surface area contributed by atoms with Crippen molar-refractivity contribution in [3.05, 3.63) is 35.4 Å². The maximum absolute atomic E-state index is 10.7. The fraction of sp³-hybridized carbons (Fsp3) is 0.231. The number of aryl methyl sites for hydroxylation is 1. The van der Waals surface area contributed by atoms with E-state index in [0.717, 1.165) is 29.2 Å². The number of benzene rings is 1. The molecular weight excluding hydrogens is 202 g/mol. The van der Waals surface area contributed by atoms with Gasteiger partial charge in [0.25, 0.3) is 0 Å². The molecule has 0 unspecified atom stereocenters. The molecule has 0 amide bonds. The minimum atomic E-state index is 0.631. The van der Waals surface area contributed by atoms with E-state index in [0.29, 0.717) is 11.4 Å². The zero-order chi connectivity index (χ0) is 11.5. The van der Waals surface area contributed by atoms with Crippen LogP contribution in [0.1, 0.15) is 22.8 Å². The van der Waals surface area contributed by atoms with Gasteiger partial charge in [0.2, 0.25) is 5.88 Å². The fourth-order valence-electron chi connectivity index (χ4n) is 1.71. The Morgan fingerprint density at radius 3 is 2.81 bits per heavy atom. The molecule has 0 saturated carbocycles. The molecule has 0 spiro atoms. The number of carbonyl (C=O) groups is 1. The largest absolute Gasteiger partial charge is 0.481 e. The third-order valence-corrected chi connectivity index (χ3v) is 2.59. The molecule has 0 N–H and O–H groups in total. The number of hydrogen-bond acceptors (Lipinski definition) is 3. The second-order valence-corrected chi connectivity index (χ2v) is 3.58. The quantitative estimate of drug-likeness (QED) is 0.739. The second kappa shape index (κ2) is 4.31. The molecule has 0 atom stereocenters. The topological polar surface area (TPSA) is 39.2 Å². The molecule has 2 rings (SSSR count). The van der Waals surface area contributed by atoms with E-state index in [1.165, 1.54) is 0 Å². The van der Waals surface area contributed by atoms with Crippen LogP contribution in [0.3, 0.4) is 0 Å². The highest BCUT2D eigenvalue weighted by Crippen LogP contribution is 2.23. The molecule has 0 saturated heterocycles. The Kier molecular flexibility index (Phi) is 2.86. The highest BCUT2D eigenvalue weighted by Gasteiger charge is 2.05. The summed E-state index contributed by atoms with van der Waals surface area (Å²) in [5.41, 5.74) is 2.50. The molecule has 1 aromatic heterocycles. The summed E-state index contributed by atoms with van der Waals surface area (Å²) in [5.74, 6) is 0.637. The van der Waals surface area contributed by atoms with Gasteiger partial charge in [0, 0.05) is 16.5 Å². The monoisotopic (exact) mass is 215 g/mol. The predicted molar refractivity (Wildman–Crippen MR) is 63.1 cm³/mol. The average Bonchev–Trinajstić information content (AvgIpc) is 2.36. The summed E-state index contributed by atoms with van der Waals surface area (Å²) in [6, 6.07) is 7.52. The van der Waals surface area contributed by atoms with Crippen LogP contribution in [0, 0.1) is 0 Å². The molecule has 1 aromatic carbocycles. The SMILES string of the molecule is CCc1cc2ccc(C=O)cc2nc1OC. The molecule has 1 heterocycles. The zero-order valence-corrected chi connectivity index (χ0v) is 9.36. The third-order valence-electron chi connectivity index (χ3n) is 2.59. The lowest BCUT2D eigenvalue weighted by atomic mass is 10.1. The van der Waals surface area contributed by atoms with Gasteiger partial charge in [-0.15, -0.1) is 0 Å². The van der Waals surface area contributed by atoms with Crippen molar-refractivity contribution in [1.82, 2.24) is 4.98 Å². The molecule has 0 aliphatic heterocycles. The van der Waals surface area contributed by atoms with Crippen molar-refractivity contribution >= 4 is 17.2 Å².